The van der Waals surface area contributed by atoms with Gasteiger partial charge in [0.2, 0.25) is 0 Å². The summed E-state index contributed by atoms with van der Waals surface area (Å²) in [7, 11) is 1.67. The zero-order valence-corrected chi connectivity index (χ0v) is 17.1. The van der Waals surface area contributed by atoms with Crippen LogP contribution in [0.1, 0.15) is 11.1 Å². The molecule has 6 heteroatoms. The van der Waals surface area contributed by atoms with E-state index >= 15 is 0 Å². The van der Waals surface area contributed by atoms with E-state index in [-0.39, 0.29) is 24.0 Å². The molecular weight excluding hydrogens is 469 g/mol. The highest BCUT2D eigenvalue weighted by atomic mass is 127. The van der Waals surface area contributed by atoms with Crippen molar-refractivity contribution in [1.82, 2.24) is 0 Å². The van der Waals surface area contributed by atoms with Crippen LogP contribution in [0.4, 0.5) is 5.69 Å². The van der Waals surface area contributed by atoms with Crippen LogP contribution in [0.15, 0.2) is 51.9 Å². The monoisotopic (exact) mass is 489 g/mol. The predicted molar refractivity (Wildman–Crippen MR) is 111 cm³/mol. The first kappa shape index (κ1) is 19.8. The van der Waals surface area contributed by atoms with Crippen molar-refractivity contribution in [1.29, 1.82) is 0 Å². The molecule has 2 rings (SSSR count). The summed E-state index contributed by atoms with van der Waals surface area (Å²) in [5.74, 6) is 1.27. The summed E-state index contributed by atoms with van der Waals surface area (Å²) in [5.41, 5.74) is 9.14. The first-order chi connectivity index (χ1) is 10.6. The van der Waals surface area contributed by atoms with E-state index in [0.717, 1.165) is 27.9 Å². The Bertz CT molecular complexity index is 677. The highest BCUT2D eigenvalue weighted by Gasteiger charge is 2.06. The number of aliphatic imine (C=N–C) groups is 1. The average Bonchev–Trinajstić information content (AvgIpc) is 2.47. The first-order valence-electron chi connectivity index (χ1n) is 7.05. The van der Waals surface area contributed by atoms with E-state index in [1.807, 2.05) is 49.4 Å². The molecule has 2 aromatic carbocycles. The molecule has 0 bridgehead atoms. The Morgan fingerprint density at radius 1 is 1.26 bits per heavy atom. The minimum atomic E-state index is 0. The van der Waals surface area contributed by atoms with E-state index in [9.17, 15) is 0 Å². The number of para-hydroxylation sites is 1. The van der Waals surface area contributed by atoms with Crippen molar-refractivity contribution in [3.05, 3.63) is 58.1 Å². The van der Waals surface area contributed by atoms with Crippen molar-refractivity contribution in [3.8, 4) is 5.75 Å². The molecule has 0 fully saturated rings. The molecule has 0 aliphatic carbocycles. The lowest BCUT2D eigenvalue weighted by Gasteiger charge is -2.10. The van der Waals surface area contributed by atoms with Crippen LogP contribution in [0.2, 0.25) is 0 Å². The van der Waals surface area contributed by atoms with Gasteiger partial charge in [-0.25, -0.2) is 0 Å². The summed E-state index contributed by atoms with van der Waals surface area (Å²) in [6.45, 7) is 2.63. The van der Waals surface area contributed by atoms with Gasteiger partial charge >= 0.3 is 0 Å². The second-order valence-corrected chi connectivity index (χ2v) is 5.80. The third-order valence-corrected chi connectivity index (χ3v) is 3.83. The lowest BCUT2D eigenvalue weighted by atomic mass is 10.1. The topological polar surface area (TPSA) is 59.6 Å². The maximum absolute atomic E-state index is 5.92. The molecule has 0 radical (unpaired) electrons. The number of guanidine groups is 1. The molecule has 0 aliphatic rings. The molecule has 2 aromatic rings. The third kappa shape index (κ3) is 6.02. The Morgan fingerprint density at radius 3 is 2.70 bits per heavy atom. The molecule has 4 nitrogen and oxygen atoms in total. The van der Waals surface area contributed by atoms with Gasteiger partial charge in [-0.3, -0.25) is 4.99 Å². The lowest BCUT2D eigenvalue weighted by Crippen LogP contribution is -2.23. The Labute approximate surface area is 162 Å². The van der Waals surface area contributed by atoms with Crippen LogP contribution in [0, 0.1) is 6.92 Å². The standard InChI is InChI=1S/C17H20BrN3O.HI/c1-12-5-3-7-14(11-12)21-17(19)20-10-9-13-6-4-8-15(18)16(13)22-2;/h3-8,11H,9-10H2,1-2H3,(H3,19,20,21);1H. The Kier molecular flexibility index (Phi) is 8.40. The van der Waals surface area contributed by atoms with Gasteiger partial charge < -0.3 is 15.8 Å². The normalized spacial score (nSPS) is 10.8. The molecule has 0 aliphatic heterocycles. The van der Waals surface area contributed by atoms with Crippen molar-refractivity contribution < 1.29 is 4.74 Å². The predicted octanol–water partition coefficient (Wildman–Crippen LogP) is 4.35. The average molecular weight is 490 g/mol. The molecule has 0 saturated heterocycles. The number of nitrogens with two attached hydrogens (primary N) is 1. The maximum Gasteiger partial charge on any atom is 0.193 e. The minimum absolute atomic E-state index is 0. The number of benzene rings is 2. The molecule has 0 amide bonds. The van der Waals surface area contributed by atoms with E-state index in [2.05, 4.69) is 26.2 Å². The van der Waals surface area contributed by atoms with Crippen LogP contribution >= 0.6 is 39.9 Å². The van der Waals surface area contributed by atoms with Crippen LogP contribution in [-0.4, -0.2) is 19.6 Å². The van der Waals surface area contributed by atoms with Crippen molar-refractivity contribution in [2.24, 2.45) is 10.7 Å². The van der Waals surface area contributed by atoms with Crippen LogP contribution in [0.3, 0.4) is 0 Å². The zero-order valence-electron chi connectivity index (χ0n) is 13.2. The number of hydrogen-bond donors (Lipinski definition) is 2. The molecule has 0 saturated carbocycles. The Balaban J connectivity index is 0.00000264. The summed E-state index contributed by atoms with van der Waals surface area (Å²) in [4.78, 5) is 4.36. The van der Waals surface area contributed by atoms with E-state index in [0.29, 0.717) is 12.5 Å². The number of halogens is 2. The van der Waals surface area contributed by atoms with Crippen LogP contribution in [0.25, 0.3) is 0 Å². The number of ether oxygens (including phenoxy) is 1. The SMILES string of the molecule is COc1c(Br)cccc1CCN=C(N)Nc1cccc(C)c1.I. The summed E-state index contributed by atoms with van der Waals surface area (Å²) in [6, 6.07) is 14.0. The van der Waals surface area contributed by atoms with Gasteiger partial charge in [0.15, 0.2) is 5.96 Å². The number of anilines is 1. The van der Waals surface area contributed by atoms with Gasteiger partial charge in [-0.15, -0.1) is 24.0 Å². The molecule has 124 valence electrons. The van der Waals surface area contributed by atoms with Crippen molar-refractivity contribution in [3.63, 3.8) is 0 Å². The van der Waals surface area contributed by atoms with E-state index in [1.165, 1.54) is 5.56 Å². The molecule has 23 heavy (non-hydrogen) atoms. The van der Waals surface area contributed by atoms with Gasteiger partial charge in [0.05, 0.1) is 11.6 Å². The Morgan fingerprint density at radius 2 is 2.00 bits per heavy atom. The van der Waals surface area contributed by atoms with E-state index in [4.69, 9.17) is 10.5 Å². The van der Waals surface area contributed by atoms with Gasteiger partial charge in [0, 0.05) is 12.2 Å². The second-order valence-electron chi connectivity index (χ2n) is 4.94. The summed E-state index contributed by atoms with van der Waals surface area (Å²) in [6.07, 6.45) is 0.763. The fraction of sp³-hybridized carbons (Fsp3) is 0.235. The molecule has 3 N–H and O–H groups in total. The Hall–Kier alpha value is -1.28. The van der Waals surface area contributed by atoms with Crippen molar-refractivity contribution >= 4 is 51.6 Å². The fourth-order valence-corrected chi connectivity index (χ4v) is 2.76. The van der Waals surface area contributed by atoms with E-state index < -0.39 is 0 Å². The van der Waals surface area contributed by atoms with Crippen molar-refractivity contribution in [2.75, 3.05) is 19.0 Å². The number of aryl methyl sites for hydroxylation is 1. The minimum Gasteiger partial charge on any atom is -0.495 e. The van der Waals surface area contributed by atoms with Gasteiger partial charge in [-0.2, -0.15) is 0 Å². The van der Waals surface area contributed by atoms with Gasteiger partial charge in [-0.05, 0) is 58.6 Å². The third-order valence-electron chi connectivity index (χ3n) is 3.21. The lowest BCUT2D eigenvalue weighted by molar-refractivity contribution is 0.407. The number of methoxy groups -OCH3 is 1. The van der Waals surface area contributed by atoms with E-state index in [1.54, 1.807) is 7.11 Å². The number of nitrogens with one attached hydrogen (secondary N) is 1. The van der Waals surface area contributed by atoms with Crippen molar-refractivity contribution in [2.45, 2.75) is 13.3 Å². The fourth-order valence-electron chi connectivity index (χ4n) is 2.19. The molecule has 0 atom stereocenters. The number of nitrogens with zero attached hydrogens (tertiary/aromatic N) is 1. The summed E-state index contributed by atoms with van der Waals surface area (Å²) < 4.78 is 6.35. The molecule has 0 heterocycles. The summed E-state index contributed by atoms with van der Waals surface area (Å²) in [5, 5.41) is 3.10. The highest BCUT2D eigenvalue weighted by molar-refractivity contribution is 14.0. The van der Waals surface area contributed by atoms with Gasteiger partial charge in [-0.1, -0.05) is 24.3 Å². The highest BCUT2D eigenvalue weighted by Crippen LogP contribution is 2.28. The zero-order chi connectivity index (χ0) is 15.9. The number of hydrogen-bond acceptors (Lipinski definition) is 2. The second kappa shape index (κ2) is 9.77. The molecule has 0 aromatic heterocycles. The smallest absolute Gasteiger partial charge is 0.193 e. The maximum atomic E-state index is 5.92. The molecule has 0 spiro atoms. The van der Waals surface area contributed by atoms with Gasteiger partial charge in [0.1, 0.15) is 5.75 Å². The van der Waals surface area contributed by atoms with Crippen LogP contribution in [0.5, 0.6) is 5.75 Å². The number of rotatable bonds is 5. The van der Waals surface area contributed by atoms with Crippen LogP contribution in [-0.2, 0) is 6.42 Å². The van der Waals surface area contributed by atoms with Crippen LogP contribution < -0.4 is 15.8 Å². The molecule has 0 unspecified atom stereocenters. The summed E-state index contributed by atoms with van der Waals surface area (Å²) >= 11 is 3.48. The van der Waals surface area contributed by atoms with Gasteiger partial charge in [0.25, 0.3) is 0 Å². The first-order valence-corrected chi connectivity index (χ1v) is 7.84. The largest absolute Gasteiger partial charge is 0.495 e. The quantitative estimate of drug-likeness (QED) is 0.373. The molecular formula is C17H21BrIN3O.